The molecule has 24 heavy (non-hydrogen) atoms. The van der Waals surface area contributed by atoms with Gasteiger partial charge in [-0.05, 0) is 30.5 Å². The van der Waals surface area contributed by atoms with Crippen molar-refractivity contribution in [1.29, 1.82) is 0 Å². The van der Waals surface area contributed by atoms with Crippen LogP contribution in [0.15, 0.2) is 36.4 Å². The second-order valence-electron chi connectivity index (χ2n) is 6.56. The highest BCUT2D eigenvalue weighted by Crippen LogP contribution is 2.42. The third-order valence-corrected chi connectivity index (χ3v) is 4.70. The van der Waals surface area contributed by atoms with E-state index in [9.17, 15) is 0 Å². The number of hydrogen-bond acceptors (Lipinski definition) is 4. The first kappa shape index (κ1) is 13.7. The van der Waals surface area contributed by atoms with Crippen molar-refractivity contribution < 1.29 is 9.47 Å². The molecule has 2 aromatic carbocycles. The molecule has 2 N–H and O–H groups in total. The zero-order valence-electron chi connectivity index (χ0n) is 13.4. The van der Waals surface area contributed by atoms with Crippen LogP contribution in [0.5, 0.6) is 11.5 Å². The van der Waals surface area contributed by atoms with Crippen LogP contribution in [0, 0.1) is 0 Å². The fourth-order valence-electron chi connectivity index (χ4n) is 3.31. The fourth-order valence-corrected chi connectivity index (χ4v) is 3.31. The topological polar surface area (TPSA) is 62.3 Å². The van der Waals surface area contributed by atoms with Gasteiger partial charge in [0.2, 0.25) is 0 Å². The molecule has 5 heteroatoms. The zero-order chi connectivity index (χ0) is 16.1. The summed E-state index contributed by atoms with van der Waals surface area (Å²) in [5.41, 5.74) is 9.91. The Morgan fingerprint density at radius 3 is 2.46 bits per heavy atom. The Bertz CT molecular complexity index is 911. The number of hydrogen-bond donors (Lipinski definition) is 1. The smallest absolute Gasteiger partial charge is 0.163 e. The van der Waals surface area contributed by atoms with E-state index in [1.807, 2.05) is 18.2 Å². The van der Waals surface area contributed by atoms with Crippen LogP contribution in [-0.4, -0.2) is 22.8 Å². The Balaban J connectivity index is 1.64. The minimum Gasteiger partial charge on any atom is -0.486 e. The highest BCUT2D eigenvalue weighted by molar-refractivity contribution is 5.81. The van der Waals surface area contributed by atoms with Gasteiger partial charge in [-0.15, -0.1) is 0 Å². The number of anilines is 1. The maximum atomic E-state index is 5.81. The van der Waals surface area contributed by atoms with Gasteiger partial charge in [0.25, 0.3) is 0 Å². The summed E-state index contributed by atoms with van der Waals surface area (Å²) in [5, 5.41) is 0. The van der Waals surface area contributed by atoms with E-state index in [0.29, 0.717) is 19.1 Å². The molecular weight excluding hydrogens is 302 g/mol. The summed E-state index contributed by atoms with van der Waals surface area (Å²) in [6, 6.07) is 12.1. The Kier molecular flexibility index (Phi) is 2.95. The van der Waals surface area contributed by atoms with Gasteiger partial charge in [-0.2, -0.15) is 0 Å². The van der Waals surface area contributed by atoms with Crippen LogP contribution in [0.3, 0.4) is 0 Å². The summed E-state index contributed by atoms with van der Waals surface area (Å²) in [5.74, 6) is 3.36. The van der Waals surface area contributed by atoms with E-state index < -0.39 is 0 Å². The number of benzene rings is 2. The lowest BCUT2D eigenvalue weighted by Crippen LogP contribution is -2.15. The van der Waals surface area contributed by atoms with E-state index >= 15 is 0 Å². The molecule has 0 unspecified atom stereocenters. The summed E-state index contributed by atoms with van der Waals surface area (Å²) >= 11 is 0. The minimum absolute atomic E-state index is 0.574. The molecule has 0 saturated heterocycles. The number of nitrogens with two attached hydrogens (primary N) is 1. The standard InChI is InChI=1S/C19H19N3O2/c20-14-5-1-12(2-6-14)11-22-16-10-18-17(23-7-8-24-18)9-15(16)21-19(22)13-3-4-13/h1-2,5-6,9-10,13H,3-4,7-8,11,20H2. The molecule has 1 aliphatic heterocycles. The molecule has 1 saturated carbocycles. The van der Waals surface area contributed by atoms with Crippen molar-refractivity contribution in [2.75, 3.05) is 18.9 Å². The number of fused-ring (bicyclic) bond motifs is 2. The molecule has 3 aromatic rings. The number of nitrogens with zero attached hydrogens (tertiary/aromatic N) is 2. The lowest BCUT2D eigenvalue weighted by atomic mass is 10.2. The van der Waals surface area contributed by atoms with Crippen LogP contribution in [0.25, 0.3) is 11.0 Å². The van der Waals surface area contributed by atoms with Gasteiger partial charge in [0, 0.05) is 30.3 Å². The first-order valence-electron chi connectivity index (χ1n) is 8.42. The minimum atomic E-state index is 0.574. The average Bonchev–Trinajstić information content (AvgIpc) is 3.39. The summed E-state index contributed by atoms with van der Waals surface area (Å²) in [6.45, 7) is 1.99. The molecule has 0 amide bonds. The molecule has 0 spiro atoms. The SMILES string of the molecule is Nc1ccc(Cn2c(C3CC3)nc3cc4c(cc32)OCCO4)cc1. The van der Waals surface area contributed by atoms with Crippen molar-refractivity contribution in [1.82, 2.24) is 9.55 Å². The van der Waals surface area contributed by atoms with Crippen LogP contribution in [-0.2, 0) is 6.54 Å². The van der Waals surface area contributed by atoms with E-state index in [1.165, 1.54) is 24.2 Å². The third-order valence-electron chi connectivity index (χ3n) is 4.70. The molecule has 0 radical (unpaired) electrons. The van der Waals surface area contributed by atoms with Gasteiger partial charge in [0.05, 0.1) is 11.0 Å². The van der Waals surface area contributed by atoms with E-state index in [1.54, 1.807) is 0 Å². The summed E-state index contributed by atoms with van der Waals surface area (Å²) < 4.78 is 13.8. The molecule has 0 atom stereocenters. The molecule has 5 rings (SSSR count). The Morgan fingerprint density at radius 1 is 1.04 bits per heavy atom. The first-order valence-corrected chi connectivity index (χ1v) is 8.42. The van der Waals surface area contributed by atoms with Crippen LogP contribution in [0.2, 0.25) is 0 Å². The molecular formula is C19H19N3O2. The van der Waals surface area contributed by atoms with Crippen molar-refractivity contribution in [3.05, 3.63) is 47.8 Å². The van der Waals surface area contributed by atoms with Crippen LogP contribution >= 0.6 is 0 Å². The maximum Gasteiger partial charge on any atom is 0.163 e. The highest BCUT2D eigenvalue weighted by Gasteiger charge is 2.30. The quantitative estimate of drug-likeness (QED) is 0.752. The third kappa shape index (κ3) is 2.28. The molecule has 5 nitrogen and oxygen atoms in total. The second kappa shape index (κ2) is 5.16. The lowest BCUT2D eigenvalue weighted by molar-refractivity contribution is 0.172. The van der Waals surface area contributed by atoms with Crippen molar-refractivity contribution >= 4 is 16.7 Å². The zero-order valence-corrected chi connectivity index (χ0v) is 13.4. The number of aromatic nitrogens is 2. The van der Waals surface area contributed by atoms with Gasteiger partial charge >= 0.3 is 0 Å². The van der Waals surface area contributed by atoms with E-state index in [2.05, 4.69) is 22.8 Å². The number of ether oxygens (including phenoxy) is 2. The normalized spacial score (nSPS) is 16.5. The molecule has 2 heterocycles. The largest absolute Gasteiger partial charge is 0.486 e. The van der Waals surface area contributed by atoms with Gasteiger partial charge in [-0.1, -0.05) is 12.1 Å². The molecule has 1 aliphatic carbocycles. The Labute approximate surface area is 140 Å². The molecule has 2 aliphatic rings. The second-order valence-corrected chi connectivity index (χ2v) is 6.56. The number of rotatable bonds is 3. The van der Waals surface area contributed by atoms with Crippen molar-refractivity contribution in [2.45, 2.75) is 25.3 Å². The van der Waals surface area contributed by atoms with Crippen molar-refractivity contribution in [2.24, 2.45) is 0 Å². The van der Waals surface area contributed by atoms with Crippen LogP contribution in [0.1, 0.15) is 30.1 Å². The number of imidazole rings is 1. The molecule has 1 aromatic heterocycles. The van der Waals surface area contributed by atoms with E-state index in [4.69, 9.17) is 20.2 Å². The van der Waals surface area contributed by atoms with Gasteiger partial charge in [0.15, 0.2) is 11.5 Å². The summed E-state index contributed by atoms with van der Waals surface area (Å²) in [7, 11) is 0. The van der Waals surface area contributed by atoms with Gasteiger partial charge in [-0.3, -0.25) is 0 Å². The van der Waals surface area contributed by atoms with E-state index in [0.717, 1.165) is 34.8 Å². The molecule has 1 fully saturated rings. The number of nitrogen functional groups attached to an aromatic ring is 1. The van der Waals surface area contributed by atoms with Crippen molar-refractivity contribution in [3.8, 4) is 11.5 Å². The van der Waals surface area contributed by atoms with Crippen LogP contribution in [0.4, 0.5) is 5.69 Å². The first-order chi connectivity index (χ1) is 11.8. The highest BCUT2D eigenvalue weighted by atomic mass is 16.6. The van der Waals surface area contributed by atoms with Gasteiger partial charge in [-0.25, -0.2) is 4.98 Å². The predicted octanol–water partition coefficient (Wildman–Crippen LogP) is 3.32. The molecule has 0 bridgehead atoms. The predicted molar refractivity (Wildman–Crippen MR) is 92.7 cm³/mol. The Morgan fingerprint density at radius 2 is 1.75 bits per heavy atom. The monoisotopic (exact) mass is 321 g/mol. The van der Waals surface area contributed by atoms with E-state index in [-0.39, 0.29) is 0 Å². The maximum absolute atomic E-state index is 5.81. The van der Waals surface area contributed by atoms with Gasteiger partial charge in [0.1, 0.15) is 19.0 Å². The van der Waals surface area contributed by atoms with Gasteiger partial charge < -0.3 is 19.8 Å². The lowest BCUT2D eigenvalue weighted by Gasteiger charge is -2.18. The van der Waals surface area contributed by atoms with Crippen LogP contribution < -0.4 is 15.2 Å². The summed E-state index contributed by atoms with van der Waals surface area (Å²) in [4.78, 5) is 4.90. The fraction of sp³-hybridized carbons (Fsp3) is 0.316. The molecule has 122 valence electrons. The Hall–Kier alpha value is -2.69. The summed E-state index contributed by atoms with van der Waals surface area (Å²) in [6.07, 6.45) is 2.44. The average molecular weight is 321 g/mol. The van der Waals surface area contributed by atoms with Crippen molar-refractivity contribution in [3.63, 3.8) is 0 Å².